The molecule has 0 saturated carbocycles. The first-order valence-corrected chi connectivity index (χ1v) is 9.10. The number of halogens is 3. The molecule has 3 N–H and O–H groups in total. The summed E-state index contributed by atoms with van der Waals surface area (Å²) in [6, 6.07) is 4.87. The quantitative estimate of drug-likeness (QED) is 0.617. The van der Waals surface area contributed by atoms with Crippen LogP contribution in [0.25, 0.3) is 11.1 Å². The number of nitrogens with zero attached hydrogens (tertiary/aromatic N) is 1. The molecule has 3 unspecified atom stereocenters. The van der Waals surface area contributed by atoms with Crippen LogP contribution in [0.15, 0.2) is 54.3 Å². The van der Waals surface area contributed by atoms with Crippen molar-refractivity contribution < 1.29 is 28.5 Å². The van der Waals surface area contributed by atoms with Crippen LogP contribution in [-0.4, -0.2) is 26.4 Å². The predicted octanol–water partition coefficient (Wildman–Crippen LogP) is 5.17. The largest absolute Gasteiger partial charge is 0.507 e. The van der Waals surface area contributed by atoms with Crippen molar-refractivity contribution in [2.75, 3.05) is 0 Å². The fourth-order valence-electron chi connectivity index (χ4n) is 3.74. The van der Waals surface area contributed by atoms with Gasteiger partial charge in [-0.15, -0.1) is 0 Å². The molecular formula is C22H22F3NO3. The lowest BCUT2D eigenvalue weighted by molar-refractivity contribution is -0.141. The van der Waals surface area contributed by atoms with Gasteiger partial charge in [-0.2, -0.15) is 13.2 Å². The van der Waals surface area contributed by atoms with Crippen LogP contribution in [0, 0.1) is 5.92 Å². The predicted molar refractivity (Wildman–Crippen MR) is 103 cm³/mol. The number of aliphatic hydroxyl groups excluding tert-OH is 1. The number of phenolic OH excluding ortho intramolecular Hbond substituents is 2. The minimum absolute atomic E-state index is 0.177. The van der Waals surface area contributed by atoms with Crippen molar-refractivity contribution in [3.8, 4) is 22.6 Å². The van der Waals surface area contributed by atoms with Crippen LogP contribution < -0.4 is 0 Å². The Kier molecular flexibility index (Phi) is 5.45. The lowest BCUT2D eigenvalue weighted by atomic mass is 9.72. The molecule has 0 aliphatic heterocycles. The Labute approximate surface area is 166 Å². The number of hydrogen-bond acceptors (Lipinski definition) is 4. The Bertz CT molecular complexity index is 941. The van der Waals surface area contributed by atoms with E-state index in [1.54, 1.807) is 6.92 Å². The molecule has 29 heavy (non-hydrogen) atoms. The van der Waals surface area contributed by atoms with E-state index in [9.17, 15) is 28.5 Å². The Morgan fingerprint density at radius 1 is 1.14 bits per heavy atom. The number of benzene rings is 1. The van der Waals surface area contributed by atoms with Crippen molar-refractivity contribution in [1.29, 1.82) is 0 Å². The van der Waals surface area contributed by atoms with Gasteiger partial charge < -0.3 is 15.3 Å². The molecule has 7 heteroatoms. The maximum absolute atomic E-state index is 12.7. The minimum Gasteiger partial charge on any atom is -0.507 e. The molecule has 0 bridgehead atoms. The van der Waals surface area contributed by atoms with Gasteiger partial charge in [0.05, 0.1) is 6.10 Å². The number of aliphatic hydroxyl groups is 1. The Balaban J connectivity index is 2.03. The summed E-state index contributed by atoms with van der Waals surface area (Å²) in [6.45, 7) is 7.57. The lowest BCUT2D eigenvalue weighted by Gasteiger charge is -2.34. The fourth-order valence-corrected chi connectivity index (χ4v) is 3.74. The third-order valence-electron chi connectivity index (χ3n) is 5.37. The van der Waals surface area contributed by atoms with Gasteiger partial charge in [-0.25, -0.2) is 0 Å². The van der Waals surface area contributed by atoms with Crippen LogP contribution in [-0.2, 0) is 6.18 Å². The minimum atomic E-state index is -4.54. The van der Waals surface area contributed by atoms with Gasteiger partial charge in [0.1, 0.15) is 17.2 Å². The number of pyridine rings is 1. The Morgan fingerprint density at radius 2 is 1.76 bits per heavy atom. The maximum Gasteiger partial charge on any atom is 0.433 e. The van der Waals surface area contributed by atoms with Crippen molar-refractivity contribution in [3.63, 3.8) is 0 Å². The van der Waals surface area contributed by atoms with Gasteiger partial charge in [-0.1, -0.05) is 24.3 Å². The number of allylic oxidation sites excluding steroid dienone is 2. The highest BCUT2D eigenvalue weighted by atomic mass is 19.4. The molecule has 3 atom stereocenters. The van der Waals surface area contributed by atoms with Crippen LogP contribution in [0.1, 0.15) is 37.4 Å². The molecule has 0 spiro atoms. The molecule has 1 aliphatic rings. The lowest BCUT2D eigenvalue weighted by Crippen LogP contribution is -2.26. The highest BCUT2D eigenvalue weighted by Crippen LogP contribution is 2.47. The molecule has 0 fully saturated rings. The Morgan fingerprint density at radius 3 is 2.24 bits per heavy atom. The molecule has 1 aromatic heterocycles. The van der Waals surface area contributed by atoms with Crippen molar-refractivity contribution in [2.45, 2.75) is 38.5 Å². The average molecular weight is 405 g/mol. The summed E-state index contributed by atoms with van der Waals surface area (Å²) < 4.78 is 38.1. The number of alkyl halides is 3. The number of aromatic nitrogens is 1. The number of aromatic hydroxyl groups is 2. The molecule has 0 saturated heterocycles. The van der Waals surface area contributed by atoms with Crippen LogP contribution in [0.4, 0.5) is 13.2 Å². The van der Waals surface area contributed by atoms with Crippen molar-refractivity contribution in [2.24, 2.45) is 5.92 Å². The first-order chi connectivity index (χ1) is 13.5. The second-order valence-corrected chi connectivity index (χ2v) is 7.50. The van der Waals surface area contributed by atoms with E-state index in [-0.39, 0.29) is 23.3 Å². The molecule has 0 amide bonds. The van der Waals surface area contributed by atoms with Crippen LogP contribution in [0.3, 0.4) is 0 Å². The summed E-state index contributed by atoms with van der Waals surface area (Å²) in [7, 11) is 0. The topological polar surface area (TPSA) is 73.6 Å². The SMILES string of the molecule is C=C(C)C1CC(O)C(C)=CC1c1c(O)cc(-c2ccc(C(F)(F)F)nc2)cc1O. The second kappa shape index (κ2) is 7.55. The number of rotatable bonds is 3. The third-order valence-corrected chi connectivity index (χ3v) is 5.37. The van der Waals surface area contributed by atoms with E-state index in [0.717, 1.165) is 23.4 Å². The molecule has 3 rings (SSSR count). The third kappa shape index (κ3) is 4.15. The van der Waals surface area contributed by atoms with E-state index in [4.69, 9.17) is 0 Å². The summed E-state index contributed by atoms with van der Waals surface area (Å²) >= 11 is 0. The van der Waals surface area contributed by atoms with Gasteiger partial charge in [0, 0.05) is 23.2 Å². The standard InChI is InChI=1S/C22H22F3NO3/c1-11(2)15-9-17(27)12(3)6-16(15)21-18(28)7-14(8-19(21)29)13-4-5-20(26-10-13)22(23,24)25/h4-8,10,15-17,27-29H,1,9H2,2-3H3. The van der Waals surface area contributed by atoms with Crippen LogP contribution >= 0.6 is 0 Å². The van der Waals surface area contributed by atoms with Gasteiger partial charge >= 0.3 is 6.18 Å². The van der Waals surface area contributed by atoms with Gasteiger partial charge in [0.15, 0.2) is 0 Å². The first-order valence-electron chi connectivity index (χ1n) is 9.10. The Hall–Kier alpha value is -2.80. The first kappa shape index (κ1) is 20.9. The number of hydrogen-bond donors (Lipinski definition) is 3. The molecule has 1 aliphatic carbocycles. The highest BCUT2D eigenvalue weighted by molar-refractivity contribution is 5.69. The number of phenols is 2. The highest BCUT2D eigenvalue weighted by Gasteiger charge is 2.34. The van der Waals surface area contributed by atoms with E-state index in [1.807, 2.05) is 13.0 Å². The van der Waals surface area contributed by atoms with Gasteiger partial charge in [0.2, 0.25) is 0 Å². The zero-order valence-corrected chi connectivity index (χ0v) is 16.0. The van der Waals surface area contributed by atoms with E-state index in [0.29, 0.717) is 23.1 Å². The second-order valence-electron chi connectivity index (χ2n) is 7.50. The normalized spacial score (nSPS) is 22.3. The average Bonchev–Trinajstić information content (AvgIpc) is 2.63. The van der Waals surface area contributed by atoms with Crippen molar-refractivity contribution >= 4 is 0 Å². The molecule has 1 heterocycles. The van der Waals surface area contributed by atoms with Gasteiger partial charge in [0.25, 0.3) is 0 Å². The summed E-state index contributed by atoms with van der Waals surface area (Å²) in [5.74, 6) is -0.923. The zero-order valence-electron chi connectivity index (χ0n) is 16.0. The fraction of sp³-hybridized carbons (Fsp3) is 0.318. The zero-order chi connectivity index (χ0) is 21.5. The summed E-state index contributed by atoms with van der Waals surface area (Å²) in [6.07, 6.45) is -1.88. The molecule has 154 valence electrons. The van der Waals surface area contributed by atoms with Crippen LogP contribution in [0.2, 0.25) is 0 Å². The monoisotopic (exact) mass is 405 g/mol. The van der Waals surface area contributed by atoms with E-state index in [1.165, 1.54) is 18.2 Å². The molecule has 2 aromatic rings. The summed E-state index contributed by atoms with van der Waals surface area (Å²) in [4.78, 5) is 3.41. The van der Waals surface area contributed by atoms with E-state index < -0.39 is 18.0 Å². The van der Waals surface area contributed by atoms with Crippen LogP contribution in [0.5, 0.6) is 11.5 Å². The molecular weight excluding hydrogens is 383 g/mol. The van der Waals surface area contributed by atoms with E-state index in [2.05, 4.69) is 11.6 Å². The van der Waals surface area contributed by atoms with Crippen molar-refractivity contribution in [1.82, 2.24) is 4.98 Å². The van der Waals surface area contributed by atoms with Crippen molar-refractivity contribution in [3.05, 3.63) is 65.5 Å². The summed E-state index contributed by atoms with van der Waals surface area (Å²) in [5, 5.41) is 31.4. The summed E-state index contributed by atoms with van der Waals surface area (Å²) in [5.41, 5.74) is 1.51. The smallest absolute Gasteiger partial charge is 0.433 e. The maximum atomic E-state index is 12.7. The van der Waals surface area contributed by atoms with Gasteiger partial charge in [-0.05, 0) is 55.5 Å². The van der Waals surface area contributed by atoms with Gasteiger partial charge in [-0.3, -0.25) is 4.98 Å². The molecule has 4 nitrogen and oxygen atoms in total. The molecule has 1 aromatic carbocycles. The van der Waals surface area contributed by atoms with E-state index >= 15 is 0 Å². The molecule has 0 radical (unpaired) electrons.